The summed E-state index contributed by atoms with van der Waals surface area (Å²) < 4.78 is 11.5. The number of hydrogen-bond donors (Lipinski definition) is 1. The Hall–Kier alpha value is -1.06. The lowest BCUT2D eigenvalue weighted by atomic mass is 10.1. The highest BCUT2D eigenvalue weighted by molar-refractivity contribution is 5.33. The molecule has 1 N–H and O–H groups in total. The van der Waals surface area contributed by atoms with Crippen LogP contribution in [0.1, 0.15) is 18.9 Å². The first kappa shape index (κ1) is 12.4. The minimum absolute atomic E-state index is 0.179. The Bertz CT molecular complexity index is 335. The van der Waals surface area contributed by atoms with E-state index in [1.165, 1.54) is 5.56 Å². The van der Waals surface area contributed by atoms with Gasteiger partial charge in [0.15, 0.2) is 0 Å². The third kappa shape index (κ3) is 3.72. The van der Waals surface area contributed by atoms with Crippen molar-refractivity contribution in [1.29, 1.82) is 0 Å². The van der Waals surface area contributed by atoms with Gasteiger partial charge in [0.1, 0.15) is 18.5 Å². The van der Waals surface area contributed by atoms with E-state index in [1.54, 1.807) is 0 Å². The average molecular weight is 235 g/mol. The lowest BCUT2D eigenvalue weighted by molar-refractivity contribution is 0.0000122. The quantitative estimate of drug-likeness (QED) is 0.847. The number of morpholine rings is 1. The molecule has 3 heteroatoms. The molecule has 1 unspecified atom stereocenters. The Kier molecular flexibility index (Phi) is 4.83. The number of aryl methyl sites for hydroxylation is 1. The van der Waals surface area contributed by atoms with Gasteiger partial charge >= 0.3 is 0 Å². The number of nitrogens with one attached hydrogen (secondary N) is 1. The third-order valence-electron chi connectivity index (χ3n) is 2.92. The standard InChI is InChI=1S/C14H21NO2/c1-2-5-12-6-3-4-7-14(12)17-11-13-10-15-8-9-16-13/h3-4,6-7,13,15H,2,5,8-11H2,1H3. The van der Waals surface area contributed by atoms with Crippen LogP contribution in [0.5, 0.6) is 5.75 Å². The van der Waals surface area contributed by atoms with Gasteiger partial charge < -0.3 is 14.8 Å². The summed E-state index contributed by atoms with van der Waals surface area (Å²) in [6, 6.07) is 8.27. The number of ether oxygens (including phenoxy) is 2. The molecule has 0 amide bonds. The molecule has 0 spiro atoms. The molecule has 3 nitrogen and oxygen atoms in total. The molecule has 1 aromatic carbocycles. The third-order valence-corrected chi connectivity index (χ3v) is 2.92. The molecule has 0 bridgehead atoms. The second-order valence-corrected chi connectivity index (χ2v) is 4.37. The van der Waals surface area contributed by atoms with Gasteiger partial charge in [0.05, 0.1) is 6.61 Å². The van der Waals surface area contributed by atoms with Gasteiger partial charge in [0.25, 0.3) is 0 Å². The Labute approximate surface area is 103 Å². The lowest BCUT2D eigenvalue weighted by Crippen LogP contribution is -2.41. The van der Waals surface area contributed by atoms with Crippen molar-refractivity contribution in [3.8, 4) is 5.75 Å². The Morgan fingerprint density at radius 2 is 2.29 bits per heavy atom. The minimum Gasteiger partial charge on any atom is -0.491 e. The van der Waals surface area contributed by atoms with Crippen LogP contribution in [0.3, 0.4) is 0 Å². The topological polar surface area (TPSA) is 30.5 Å². The van der Waals surface area contributed by atoms with Gasteiger partial charge in [-0.1, -0.05) is 31.5 Å². The predicted octanol–water partition coefficient (Wildman–Crippen LogP) is 2.01. The van der Waals surface area contributed by atoms with Crippen LogP contribution in [0.2, 0.25) is 0 Å². The van der Waals surface area contributed by atoms with Crippen molar-refractivity contribution >= 4 is 0 Å². The van der Waals surface area contributed by atoms with Crippen LogP contribution in [-0.2, 0) is 11.2 Å². The molecular weight excluding hydrogens is 214 g/mol. The summed E-state index contributed by atoms with van der Waals surface area (Å²) in [5.74, 6) is 1.00. The van der Waals surface area contributed by atoms with Gasteiger partial charge in [-0.15, -0.1) is 0 Å². The van der Waals surface area contributed by atoms with Crippen molar-refractivity contribution in [3.63, 3.8) is 0 Å². The molecule has 0 aliphatic carbocycles. The van der Waals surface area contributed by atoms with Crippen LogP contribution in [-0.4, -0.2) is 32.4 Å². The van der Waals surface area contributed by atoms with Crippen LogP contribution >= 0.6 is 0 Å². The van der Waals surface area contributed by atoms with Crippen LogP contribution in [0, 0.1) is 0 Å². The molecule has 1 aliphatic rings. The maximum Gasteiger partial charge on any atom is 0.122 e. The molecule has 1 aliphatic heterocycles. The van der Waals surface area contributed by atoms with Crippen LogP contribution in [0.15, 0.2) is 24.3 Å². The lowest BCUT2D eigenvalue weighted by Gasteiger charge is -2.24. The maximum absolute atomic E-state index is 5.86. The SMILES string of the molecule is CCCc1ccccc1OCC1CNCCO1. The van der Waals surface area contributed by atoms with Gasteiger partial charge in [0.2, 0.25) is 0 Å². The monoisotopic (exact) mass is 235 g/mol. The van der Waals surface area contributed by atoms with Crippen LogP contribution in [0.25, 0.3) is 0 Å². The number of benzene rings is 1. The number of hydrogen-bond acceptors (Lipinski definition) is 3. The molecule has 1 aromatic rings. The predicted molar refractivity (Wildman–Crippen MR) is 68.5 cm³/mol. The maximum atomic E-state index is 5.86. The highest BCUT2D eigenvalue weighted by Crippen LogP contribution is 2.19. The fourth-order valence-electron chi connectivity index (χ4n) is 2.03. The second-order valence-electron chi connectivity index (χ2n) is 4.37. The Balaban J connectivity index is 1.88. The molecule has 17 heavy (non-hydrogen) atoms. The normalized spacial score (nSPS) is 20.2. The fourth-order valence-corrected chi connectivity index (χ4v) is 2.03. The zero-order valence-electron chi connectivity index (χ0n) is 10.4. The molecule has 0 aromatic heterocycles. The van der Waals surface area contributed by atoms with Crippen molar-refractivity contribution in [2.75, 3.05) is 26.3 Å². The van der Waals surface area contributed by atoms with E-state index in [1.807, 2.05) is 12.1 Å². The number of rotatable bonds is 5. The second kappa shape index (κ2) is 6.62. The highest BCUT2D eigenvalue weighted by Gasteiger charge is 2.14. The summed E-state index contributed by atoms with van der Waals surface area (Å²) in [7, 11) is 0. The number of para-hydroxylation sites is 1. The largest absolute Gasteiger partial charge is 0.491 e. The summed E-state index contributed by atoms with van der Waals surface area (Å²) in [4.78, 5) is 0. The summed E-state index contributed by atoms with van der Waals surface area (Å²) in [5, 5.41) is 3.31. The van der Waals surface area contributed by atoms with Crippen molar-refractivity contribution in [3.05, 3.63) is 29.8 Å². The first-order valence-electron chi connectivity index (χ1n) is 6.43. The zero-order chi connectivity index (χ0) is 11.9. The average Bonchev–Trinajstić information content (AvgIpc) is 2.39. The van der Waals surface area contributed by atoms with Crippen molar-refractivity contribution < 1.29 is 9.47 Å². The van der Waals surface area contributed by atoms with E-state index in [4.69, 9.17) is 9.47 Å². The molecule has 1 atom stereocenters. The summed E-state index contributed by atoms with van der Waals surface area (Å²) >= 11 is 0. The molecule has 2 rings (SSSR count). The fraction of sp³-hybridized carbons (Fsp3) is 0.571. The van der Waals surface area contributed by atoms with E-state index in [0.717, 1.165) is 38.3 Å². The molecule has 1 saturated heterocycles. The first-order chi connectivity index (χ1) is 8.40. The Morgan fingerprint density at radius 3 is 3.06 bits per heavy atom. The minimum atomic E-state index is 0.179. The van der Waals surface area contributed by atoms with E-state index in [2.05, 4.69) is 24.4 Å². The molecule has 94 valence electrons. The van der Waals surface area contributed by atoms with E-state index in [-0.39, 0.29) is 6.10 Å². The zero-order valence-corrected chi connectivity index (χ0v) is 10.4. The van der Waals surface area contributed by atoms with E-state index in [0.29, 0.717) is 6.61 Å². The first-order valence-corrected chi connectivity index (χ1v) is 6.43. The molecular formula is C14H21NO2. The smallest absolute Gasteiger partial charge is 0.122 e. The highest BCUT2D eigenvalue weighted by atomic mass is 16.5. The van der Waals surface area contributed by atoms with Crippen LogP contribution in [0.4, 0.5) is 0 Å². The van der Waals surface area contributed by atoms with E-state index < -0.39 is 0 Å². The van der Waals surface area contributed by atoms with Gasteiger partial charge in [-0.2, -0.15) is 0 Å². The van der Waals surface area contributed by atoms with Gasteiger partial charge in [0, 0.05) is 13.1 Å². The Morgan fingerprint density at radius 1 is 1.41 bits per heavy atom. The van der Waals surface area contributed by atoms with Crippen molar-refractivity contribution in [2.45, 2.75) is 25.9 Å². The summed E-state index contributed by atoms with van der Waals surface area (Å²) in [6.45, 7) is 5.43. The molecule has 0 radical (unpaired) electrons. The van der Waals surface area contributed by atoms with E-state index in [9.17, 15) is 0 Å². The molecule has 0 saturated carbocycles. The van der Waals surface area contributed by atoms with Gasteiger partial charge in [-0.05, 0) is 18.1 Å². The van der Waals surface area contributed by atoms with Gasteiger partial charge in [-0.25, -0.2) is 0 Å². The van der Waals surface area contributed by atoms with Crippen molar-refractivity contribution in [2.24, 2.45) is 0 Å². The van der Waals surface area contributed by atoms with Gasteiger partial charge in [-0.3, -0.25) is 0 Å². The van der Waals surface area contributed by atoms with Crippen LogP contribution < -0.4 is 10.1 Å². The van der Waals surface area contributed by atoms with E-state index >= 15 is 0 Å². The summed E-state index contributed by atoms with van der Waals surface area (Å²) in [6.07, 6.45) is 2.39. The molecule has 1 fully saturated rings. The molecule has 1 heterocycles. The summed E-state index contributed by atoms with van der Waals surface area (Å²) in [5.41, 5.74) is 1.29. The van der Waals surface area contributed by atoms with Crippen molar-refractivity contribution in [1.82, 2.24) is 5.32 Å².